The second-order valence-corrected chi connectivity index (χ2v) is 13.6. The lowest BCUT2D eigenvalue weighted by molar-refractivity contribution is 0.666. The Morgan fingerprint density at radius 2 is 0.787 bits per heavy atom. The maximum atomic E-state index is 2.40. The lowest BCUT2D eigenvalue weighted by atomic mass is 9.79. The molecule has 0 saturated heterocycles. The van der Waals surface area contributed by atoms with E-state index in [2.05, 4.69) is 172 Å². The Bertz CT molecular complexity index is 2700. The van der Waals surface area contributed by atoms with Crippen molar-refractivity contribution in [3.63, 3.8) is 0 Å². The molecule has 9 aromatic rings. The minimum atomic E-state index is -0.112. The molecule has 0 aliphatic heterocycles. The van der Waals surface area contributed by atoms with Crippen molar-refractivity contribution in [2.45, 2.75) is 19.3 Å². The fourth-order valence-electron chi connectivity index (χ4n) is 8.83. The quantitative estimate of drug-likeness (QED) is 0.138. The zero-order valence-electron chi connectivity index (χ0n) is 26.5. The van der Waals surface area contributed by atoms with E-state index in [0.29, 0.717) is 0 Å². The summed E-state index contributed by atoms with van der Waals surface area (Å²) < 4.78 is 0. The zero-order chi connectivity index (χ0) is 31.3. The van der Waals surface area contributed by atoms with Crippen LogP contribution in [-0.2, 0) is 5.41 Å². The van der Waals surface area contributed by atoms with Crippen LogP contribution in [0.4, 0.5) is 0 Å². The van der Waals surface area contributed by atoms with Gasteiger partial charge in [-0.2, -0.15) is 0 Å². The first-order valence-corrected chi connectivity index (χ1v) is 16.6. The average molecular weight is 597 g/mol. The van der Waals surface area contributed by atoms with E-state index in [-0.39, 0.29) is 5.41 Å². The van der Waals surface area contributed by atoms with E-state index in [1.165, 1.54) is 98.4 Å². The van der Waals surface area contributed by atoms with Crippen LogP contribution < -0.4 is 0 Å². The van der Waals surface area contributed by atoms with Crippen LogP contribution >= 0.6 is 0 Å². The predicted molar refractivity (Wildman–Crippen MR) is 202 cm³/mol. The molecule has 0 aromatic heterocycles. The van der Waals surface area contributed by atoms with E-state index < -0.39 is 0 Å². The van der Waals surface area contributed by atoms with Gasteiger partial charge in [-0.05, 0) is 98.4 Å². The molecular weight excluding hydrogens is 565 g/mol. The molecule has 9 aromatic carbocycles. The summed E-state index contributed by atoms with van der Waals surface area (Å²) in [5.74, 6) is 0. The third-order valence-corrected chi connectivity index (χ3v) is 10.8. The van der Waals surface area contributed by atoms with Crippen LogP contribution in [0.15, 0.2) is 158 Å². The van der Waals surface area contributed by atoms with Gasteiger partial charge in [0.15, 0.2) is 0 Å². The van der Waals surface area contributed by atoms with Crippen molar-refractivity contribution in [2.75, 3.05) is 0 Å². The third kappa shape index (κ3) is 3.59. The van der Waals surface area contributed by atoms with Gasteiger partial charge in [-0.3, -0.25) is 0 Å². The van der Waals surface area contributed by atoms with Crippen molar-refractivity contribution < 1.29 is 0 Å². The van der Waals surface area contributed by atoms with Crippen molar-refractivity contribution in [3.8, 4) is 33.4 Å². The van der Waals surface area contributed by atoms with Crippen LogP contribution in [-0.4, -0.2) is 0 Å². The first-order valence-electron chi connectivity index (χ1n) is 16.6. The molecule has 1 aliphatic rings. The maximum absolute atomic E-state index is 2.40. The molecule has 1 aliphatic carbocycles. The Morgan fingerprint density at radius 1 is 0.298 bits per heavy atom. The van der Waals surface area contributed by atoms with Crippen molar-refractivity contribution in [1.82, 2.24) is 0 Å². The van der Waals surface area contributed by atoms with Crippen LogP contribution in [0.3, 0.4) is 0 Å². The molecule has 0 amide bonds. The Hall–Kier alpha value is -5.72. The summed E-state index contributed by atoms with van der Waals surface area (Å²) >= 11 is 0. The van der Waals surface area contributed by atoms with Crippen molar-refractivity contribution in [1.29, 1.82) is 0 Å². The number of hydrogen-bond donors (Lipinski definition) is 0. The van der Waals surface area contributed by atoms with Crippen molar-refractivity contribution in [2.24, 2.45) is 0 Å². The van der Waals surface area contributed by atoms with Crippen molar-refractivity contribution in [3.05, 3.63) is 169 Å². The summed E-state index contributed by atoms with van der Waals surface area (Å²) in [5.41, 5.74) is 10.7. The minimum absolute atomic E-state index is 0.112. The molecular formula is C47H32. The topological polar surface area (TPSA) is 0 Å². The molecule has 0 heteroatoms. The molecule has 10 rings (SSSR count). The smallest absolute Gasteiger partial charge is 0.0165 e. The first kappa shape index (κ1) is 26.5. The Balaban J connectivity index is 1.34. The number of hydrogen-bond acceptors (Lipinski definition) is 0. The minimum Gasteiger partial charge on any atom is -0.0616 e. The van der Waals surface area contributed by atoms with E-state index in [1.54, 1.807) is 0 Å². The highest BCUT2D eigenvalue weighted by Gasteiger charge is 2.38. The number of benzene rings is 9. The number of fused-ring (bicyclic) bond motifs is 10. The SMILES string of the molecule is CC1(C)c2cccc(-c3c4ccccc4c(-c4cccc5c4ccc4ccccc45)c4ccccc34)c2-c2ccc3ccccc3c21. The zero-order valence-corrected chi connectivity index (χ0v) is 26.5. The molecule has 220 valence electrons. The Morgan fingerprint density at radius 3 is 1.47 bits per heavy atom. The molecule has 0 nitrogen and oxygen atoms in total. The molecule has 0 atom stereocenters. The number of rotatable bonds is 2. The average Bonchev–Trinajstić information content (AvgIpc) is 3.37. The van der Waals surface area contributed by atoms with E-state index in [4.69, 9.17) is 0 Å². The lowest BCUT2D eigenvalue weighted by Gasteiger charge is -2.23. The van der Waals surface area contributed by atoms with Crippen LogP contribution in [0.5, 0.6) is 0 Å². The summed E-state index contributed by atoms with van der Waals surface area (Å²) in [6.45, 7) is 4.80. The third-order valence-electron chi connectivity index (χ3n) is 10.8. The van der Waals surface area contributed by atoms with Gasteiger partial charge < -0.3 is 0 Å². The highest BCUT2D eigenvalue weighted by atomic mass is 14.4. The molecule has 0 heterocycles. The highest BCUT2D eigenvalue weighted by Crippen LogP contribution is 2.56. The van der Waals surface area contributed by atoms with Gasteiger partial charge in [0.1, 0.15) is 0 Å². The van der Waals surface area contributed by atoms with Gasteiger partial charge >= 0.3 is 0 Å². The van der Waals surface area contributed by atoms with Gasteiger partial charge in [0.05, 0.1) is 0 Å². The summed E-state index contributed by atoms with van der Waals surface area (Å²) in [6, 6.07) is 58.8. The molecule has 0 bridgehead atoms. The fourth-order valence-corrected chi connectivity index (χ4v) is 8.83. The molecule has 0 N–H and O–H groups in total. The molecule has 47 heavy (non-hydrogen) atoms. The van der Waals surface area contributed by atoms with E-state index in [1.807, 2.05) is 0 Å². The molecule has 0 unspecified atom stereocenters. The fraction of sp³-hybridized carbons (Fsp3) is 0.0638. The highest BCUT2D eigenvalue weighted by molar-refractivity contribution is 6.26. The van der Waals surface area contributed by atoms with Crippen LogP contribution in [0.2, 0.25) is 0 Å². The van der Waals surface area contributed by atoms with E-state index in [9.17, 15) is 0 Å². The second-order valence-electron chi connectivity index (χ2n) is 13.6. The second kappa shape index (κ2) is 9.64. The Kier molecular flexibility index (Phi) is 5.44. The molecule has 0 radical (unpaired) electrons. The van der Waals surface area contributed by atoms with Gasteiger partial charge in [-0.15, -0.1) is 0 Å². The van der Waals surface area contributed by atoms with E-state index >= 15 is 0 Å². The summed E-state index contributed by atoms with van der Waals surface area (Å²) in [5, 5.41) is 13.0. The van der Waals surface area contributed by atoms with Crippen LogP contribution in [0.1, 0.15) is 25.0 Å². The van der Waals surface area contributed by atoms with Crippen molar-refractivity contribution >= 4 is 53.9 Å². The van der Waals surface area contributed by atoms with Gasteiger partial charge in [0.2, 0.25) is 0 Å². The monoisotopic (exact) mass is 596 g/mol. The standard InChI is InChI=1S/C47H32/c1-47(2)42-24-12-23-40(45(42)41-28-26-30-14-4-6-16-32(30)46(41)47)44-38-19-9-7-17-36(38)43(37-18-8-10-20-39(37)44)35-22-11-21-33-31-15-5-3-13-29(31)25-27-34(33)35/h3-28H,1-2H3. The van der Waals surface area contributed by atoms with Crippen LogP contribution in [0, 0.1) is 0 Å². The molecule has 0 spiro atoms. The van der Waals surface area contributed by atoms with Gasteiger partial charge in [0, 0.05) is 5.41 Å². The molecule has 0 fully saturated rings. The summed E-state index contributed by atoms with van der Waals surface area (Å²) in [7, 11) is 0. The first-order chi connectivity index (χ1) is 23.1. The van der Waals surface area contributed by atoms with Gasteiger partial charge in [0.25, 0.3) is 0 Å². The maximum Gasteiger partial charge on any atom is 0.0165 e. The van der Waals surface area contributed by atoms with Gasteiger partial charge in [-0.25, -0.2) is 0 Å². The largest absolute Gasteiger partial charge is 0.0616 e. The Labute approximate surface area is 274 Å². The van der Waals surface area contributed by atoms with Gasteiger partial charge in [-0.1, -0.05) is 172 Å². The molecule has 0 saturated carbocycles. The van der Waals surface area contributed by atoms with Crippen LogP contribution in [0.25, 0.3) is 87.2 Å². The summed E-state index contributed by atoms with van der Waals surface area (Å²) in [6.07, 6.45) is 0. The van der Waals surface area contributed by atoms with E-state index in [0.717, 1.165) is 0 Å². The predicted octanol–water partition coefficient (Wildman–Crippen LogP) is 13.1. The lowest BCUT2D eigenvalue weighted by Crippen LogP contribution is -2.15. The summed E-state index contributed by atoms with van der Waals surface area (Å²) in [4.78, 5) is 0. The normalized spacial score (nSPS) is 13.5.